The third-order valence-corrected chi connectivity index (χ3v) is 5.53. The maximum atomic E-state index is 10.8. The van der Waals surface area contributed by atoms with E-state index < -0.39 is 5.60 Å². The van der Waals surface area contributed by atoms with Crippen LogP contribution < -0.4 is 4.90 Å². The lowest BCUT2D eigenvalue weighted by Gasteiger charge is -2.35. The molecule has 1 fully saturated rings. The fourth-order valence-electron chi connectivity index (χ4n) is 3.93. The predicted octanol–water partition coefficient (Wildman–Crippen LogP) is 3.53. The normalized spacial score (nSPS) is 18.1. The molecule has 0 amide bonds. The topological polar surface area (TPSA) is 39.6 Å². The fraction of sp³-hybridized carbons (Fsp3) is 0.500. The lowest BCUT2D eigenvalue weighted by molar-refractivity contribution is 0.0219. The number of anilines is 1. The van der Waals surface area contributed by atoms with Gasteiger partial charge in [-0.2, -0.15) is 0 Å². The zero-order valence-electron chi connectivity index (χ0n) is 16.0. The molecule has 0 bridgehead atoms. The second-order valence-corrected chi connectivity index (χ2v) is 7.80. The highest BCUT2D eigenvalue weighted by atomic mass is 16.3. The summed E-state index contributed by atoms with van der Waals surface area (Å²) in [7, 11) is 2.11. The molecule has 1 saturated heterocycles. The average molecular weight is 354 g/mol. The Morgan fingerprint density at radius 2 is 1.77 bits per heavy atom. The van der Waals surface area contributed by atoms with Gasteiger partial charge in [-0.3, -0.25) is 4.98 Å². The standard InChI is InChI=1S/C22H31N3O/c1-22(26,20-6-4-3-5-7-20)18-24(2)15-10-19-11-16-25(17-12-19)21-8-13-23-14-9-21/h3-9,13-14,19,26H,10-12,15-18H2,1-2H3. The van der Waals surface area contributed by atoms with Crippen LogP contribution in [0.3, 0.4) is 0 Å². The Morgan fingerprint density at radius 3 is 2.42 bits per heavy atom. The van der Waals surface area contributed by atoms with Crippen molar-refractivity contribution in [1.82, 2.24) is 9.88 Å². The van der Waals surface area contributed by atoms with E-state index in [9.17, 15) is 5.11 Å². The molecule has 4 heteroatoms. The number of hydrogen-bond donors (Lipinski definition) is 1. The number of piperidine rings is 1. The van der Waals surface area contributed by atoms with E-state index in [1.807, 2.05) is 49.6 Å². The number of aliphatic hydroxyl groups is 1. The minimum atomic E-state index is -0.805. The summed E-state index contributed by atoms with van der Waals surface area (Å²) in [4.78, 5) is 8.83. The van der Waals surface area contributed by atoms with E-state index >= 15 is 0 Å². The quantitative estimate of drug-likeness (QED) is 0.827. The molecule has 1 aromatic carbocycles. The summed E-state index contributed by atoms with van der Waals surface area (Å²) >= 11 is 0. The Hall–Kier alpha value is -1.91. The number of rotatable bonds is 7. The third-order valence-electron chi connectivity index (χ3n) is 5.53. The number of nitrogens with zero attached hydrogens (tertiary/aromatic N) is 3. The molecule has 0 spiro atoms. The van der Waals surface area contributed by atoms with Crippen molar-refractivity contribution in [3.8, 4) is 0 Å². The fourth-order valence-corrected chi connectivity index (χ4v) is 3.93. The van der Waals surface area contributed by atoms with Crippen molar-refractivity contribution in [1.29, 1.82) is 0 Å². The Kier molecular flexibility index (Phi) is 6.28. The van der Waals surface area contributed by atoms with Crippen LogP contribution in [0.1, 0.15) is 31.7 Å². The molecule has 1 aliphatic rings. The summed E-state index contributed by atoms with van der Waals surface area (Å²) in [6.45, 7) is 5.85. The molecule has 1 N–H and O–H groups in total. The van der Waals surface area contributed by atoms with Crippen LogP contribution >= 0.6 is 0 Å². The minimum absolute atomic E-state index is 0.660. The van der Waals surface area contributed by atoms with Crippen LogP contribution in [0.5, 0.6) is 0 Å². The maximum Gasteiger partial charge on any atom is 0.0994 e. The minimum Gasteiger partial charge on any atom is -0.384 e. The van der Waals surface area contributed by atoms with Crippen molar-refractivity contribution in [3.63, 3.8) is 0 Å². The van der Waals surface area contributed by atoms with E-state index in [0.29, 0.717) is 6.54 Å². The van der Waals surface area contributed by atoms with Gasteiger partial charge < -0.3 is 14.9 Å². The van der Waals surface area contributed by atoms with Gasteiger partial charge in [0.05, 0.1) is 5.60 Å². The first-order chi connectivity index (χ1) is 12.5. The maximum absolute atomic E-state index is 10.8. The highest BCUT2D eigenvalue weighted by Crippen LogP contribution is 2.26. The molecule has 1 atom stereocenters. The molecule has 0 aliphatic carbocycles. The Morgan fingerprint density at radius 1 is 1.12 bits per heavy atom. The number of hydrogen-bond acceptors (Lipinski definition) is 4. The van der Waals surface area contributed by atoms with Crippen LogP contribution in [-0.4, -0.2) is 48.2 Å². The van der Waals surface area contributed by atoms with Gasteiger partial charge in [-0.05, 0) is 63.4 Å². The third kappa shape index (κ3) is 5.05. The molecule has 1 aliphatic heterocycles. The van der Waals surface area contributed by atoms with Gasteiger partial charge in [0, 0.05) is 37.7 Å². The summed E-state index contributed by atoms with van der Waals surface area (Å²) in [5.41, 5.74) is 1.47. The van der Waals surface area contributed by atoms with Crippen molar-refractivity contribution in [2.24, 2.45) is 5.92 Å². The molecule has 4 nitrogen and oxygen atoms in total. The van der Waals surface area contributed by atoms with Crippen molar-refractivity contribution in [2.75, 3.05) is 38.1 Å². The Balaban J connectivity index is 1.42. The monoisotopic (exact) mass is 353 g/mol. The van der Waals surface area contributed by atoms with E-state index in [-0.39, 0.29) is 0 Å². The van der Waals surface area contributed by atoms with E-state index in [4.69, 9.17) is 0 Å². The molecule has 1 aromatic heterocycles. The van der Waals surface area contributed by atoms with Crippen LogP contribution in [0.2, 0.25) is 0 Å². The van der Waals surface area contributed by atoms with Gasteiger partial charge in [0.25, 0.3) is 0 Å². The zero-order valence-corrected chi connectivity index (χ0v) is 16.0. The molecule has 140 valence electrons. The SMILES string of the molecule is CN(CCC1CCN(c2ccncc2)CC1)CC(C)(O)c1ccccc1. The summed E-state index contributed by atoms with van der Waals surface area (Å²) in [6, 6.07) is 14.2. The van der Waals surface area contributed by atoms with Crippen molar-refractivity contribution >= 4 is 5.69 Å². The lowest BCUT2D eigenvalue weighted by Crippen LogP contribution is -2.39. The van der Waals surface area contributed by atoms with Crippen LogP contribution in [0.25, 0.3) is 0 Å². The summed E-state index contributed by atoms with van der Waals surface area (Å²) in [5, 5.41) is 10.8. The molecular formula is C22H31N3O. The van der Waals surface area contributed by atoms with E-state index in [1.165, 1.54) is 24.9 Å². The highest BCUT2D eigenvalue weighted by Gasteiger charge is 2.25. The van der Waals surface area contributed by atoms with Gasteiger partial charge in [-0.1, -0.05) is 30.3 Å². The van der Waals surface area contributed by atoms with E-state index in [2.05, 4.69) is 34.0 Å². The molecule has 0 saturated carbocycles. The molecule has 26 heavy (non-hydrogen) atoms. The summed E-state index contributed by atoms with van der Waals surface area (Å²) in [6.07, 6.45) is 7.42. The first kappa shape index (κ1) is 18.9. The lowest BCUT2D eigenvalue weighted by atomic mass is 9.92. The first-order valence-corrected chi connectivity index (χ1v) is 9.66. The van der Waals surface area contributed by atoms with Crippen LogP contribution in [0, 0.1) is 5.92 Å². The molecule has 0 radical (unpaired) electrons. The van der Waals surface area contributed by atoms with Crippen molar-refractivity contribution < 1.29 is 5.11 Å². The molecule has 1 unspecified atom stereocenters. The van der Waals surface area contributed by atoms with Gasteiger partial charge in [-0.15, -0.1) is 0 Å². The zero-order chi connectivity index (χ0) is 18.4. The highest BCUT2D eigenvalue weighted by molar-refractivity contribution is 5.44. The smallest absolute Gasteiger partial charge is 0.0994 e. The van der Waals surface area contributed by atoms with E-state index in [1.54, 1.807) is 0 Å². The van der Waals surface area contributed by atoms with Gasteiger partial charge >= 0.3 is 0 Å². The average Bonchev–Trinajstić information content (AvgIpc) is 2.68. The molecule has 2 heterocycles. The Bertz CT molecular complexity index is 652. The second-order valence-electron chi connectivity index (χ2n) is 7.80. The van der Waals surface area contributed by atoms with Gasteiger partial charge in [0.2, 0.25) is 0 Å². The van der Waals surface area contributed by atoms with E-state index in [0.717, 1.165) is 31.1 Å². The van der Waals surface area contributed by atoms with Gasteiger partial charge in [0.1, 0.15) is 0 Å². The summed E-state index contributed by atoms with van der Waals surface area (Å²) in [5.74, 6) is 0.775. The molecule has 3 rings (SSSR count). The second kappa shape index (κ2) is 8.65. The number of aromatic nitrogens is 1. The Labute approximate surface area is 157 Å². The summed E-state index contributed by atoms with van der Waals surface area (Å²) < 4.78 is 0. The largest absolute Gasteiger partial charge is 0.384 e. The van der Waals surface area contributed by atoms with Gasteiger partial charge in [-0.25, -0.2) is 0 Å². The van der Waals surface area contributed by atoms with Gasteiger partial charge in [0.15, 0.2) is 0 Å². The predicted molar refractivity (Wildman–Crippen MR) is 107 cm³/mol. The van der Waals surface area contributed by atoms with Crippen molar-refractivity contribution in [2.45, 2.75) is 31.8 Å². The number of likely N-dealkylation sites (N-methyl/N-ethyl adjacent to an activating group) is 1. The van der Waals surface area contributed by atoms with Crippen molar-refractivity contribution in [3.05, 3.63) is 60.4 Å². The number of pyridine rings is 1. The van der Waals surface area contributed by atoms with Crippen LogP contribution in [-0.2, 0) is 5.60 Å². The van der Waals surface area contributed by atoms with Crippen LogP contribution in [0.15, 0.2) is 54.9 Å². The molecular weight excluding hydrogens is 322 g/mol. The van der Waals surface area contributed by atoms with Crippen LogP contribution in [0.4, 0.5) is 5.69 Å². The molecule has 2 aromatic rings. The first-order valence-electron chi connectivity index (χ1n) is 9.66. The number of benzene rings is 1.